The van der Waals surface area contributed by atoms with E-state index in [0.717, 1.165) is 5.56 Å². The van der Waals surface area contributed by atoms with E-state index in [2.05, 4.69) is 4.98 Å². The maximum Gasteiger partial charge on any atom is 0.142 e. The number of hydrogen-bond acceptors (Lipinski definition) is 3. The Labute approximate surface area is 74.8 Å². The van der Waals surface area contributed by atoms with Crippen molar-refractivity contribution in [1.29, 1.82) is 10.5 Å². The van der Waals surface area contributed by atoms with Crippen LogP contribution in [0, 0.1) is 22.7 Å². The number of aromatic nitrogens is 1. The summed E-state index contributed by atoms with van der Waals surface area (Å²) < 4.78 is 0. The Kier molecular flexibility index (Phi) is 2.63. The molecule has 1 aromatic heterocycles. The number of nitriles is 2. The lowest BCUT2D eigenvalue weighted by molar-refractivity contribution is 1.18. The molecular formula is C8H4ClN3. The van der Waals surface area contributed by atoms with Gasteiger partial charge in [0.05, 0.1) is 0 Å². The zero-order valence-electron chi connectivity index (χ0n) is 6.08. The molecule has 0 unspecified atom stereocenters. The molecule has 0 N–H and O–H groups in total. The van der Waals surface area contributed by atoms with Gasteiger partial charge in [-0.3, -0.25) is 0 Å². The number of hydrogen-bond donors (Lipinski definition) is 0. The molecular weight excluding hydrogens is 174 g/mol. The number of pyridine rings is 1. The van der Waals surface area contributed by atoms with Gasteiger partial charge in [-0.2, -0.15) is 10.5 Å². The normalized spacial score (nSPS) is 8.58. The van der Waals surface area contributed by atoms with Crippen molar-refractivity contribution >= 4 is 11.6 Å². The topological polar surface area (TPSA) is 60.5 Å². The van der Waals surface area contributed by atoms with Crippen LogP contribution in [0.15, 0.2) is 12.1 Å². The predicted molar refractivity (Wildman–Crippen MR) is 43.2 cm³/mol. The van der Waals surface area contributed by atoms with Gasteiger partial charge in [-0.25, -0.2) is 4.98 Å². The van der Waals surface area contributed by atoms with Crippen molar-refractivity contribution in [2.75, 3.05) is 0 Å². The van der Waals surface area contributed by atoms with Crippen LogP contribution < -0.4 is 0 Å². The van der Waals surface area contributed by atoms with E-state index in [-0.39, 0.29) is 17.3 Å². The first-order valence-electron chi connectivity index (χ1n) is 3.17. The lowest BCUT2D eigenvalue weighted by Gasteiger charge is -1.95. The molecule has 1 aromatic rings. The second-order valence-corrected chi connectivity index (χ2v) is 2.37. The summed E-state index contributed by atoms with van der Waals surface area (Å²) in [5.74, 6) is 0.284. The third-order valence-corrected chi connectivity index (χ3v) is 1.58. The van der Waals surface area contributed by atoms with Gasteiger partial charge >= 0.3 is 0 Å². The van der Waals surface area contributed by atoms with Crippen LogP contribution >= 0.6 is 11.6 Å². The maximum absolute atomic E-state index is 8.51. The summed E-state index contributed by atoms with van der Waals surface area (Å²) in [5.41, 5.74) is 1.19. The van der Waals surface area contributed by atoms with E-state index in [0.29, 0.717) is 0 Å². The van der Waals surface area contributed by atoms with Crippen molar-refractivity contribution in [2.24, 2.45) is 0 Å². The average molecular weight is 178 g/mol. The van der Waals surface area contributed by atoms with Crippen LogP contribution in [0.4, 0.5) is 0 Å². The number of alkyl halides is 1. The van der Waals surface area contributed by atoms with Crippen molar-refractivity contribution in [3.63, 3.8) is 0 Å². The molecule has 4 heteroatoms. The fraction of sp³-hybridized carbons (Fsp3) is 0.125. The minimum Gasteiger partial charge on any atom is -0.226 e. The van der Waals surface area contributed by atoms with E-state index >= 15 is 0 Å². The fourth-order valence-electron chi connectivity index (χ4n) is 0.779. The standard InChI is InChI=1S/C8H4ClN3/c9-3-6-1-7(4-10)12-8(2-6)5-11/h1-2H,3H2. The fourth-order valence-corrected chi connectivity index (χ4v) is 0.933. The molecule has 58 valence electrons. The summed E-state index contributed by atoms with van der Waals surface area (Å²) in [6.07, 6.45) is 0. The van der Waals surface area contributed by atoms with Crippen LogP contribution in [0.1, 0.15) is 17.0 Å². The first-order valence-corrected chi connectivity index (χ1v) is 3.70. The maximum atomic E-state index is 8.51. The van der Waals surface area contributed by atoms with Crippen molar-refractivity contribution in [2.45, 2.75) is 5.88 Å². The minimum atomic E-state index is 0.227. The molecule has 0 aliphatic carbocycles. The average Bonchev–Trinajstić information content (AvgIpc) is 2.16. The van der Waals surface area contributed by atoms with Crippen LogP contribution in [-0.4, -0.2) is 4.98 Å². The highest BCUT2D eigenvalue weighted by Crippen LogP contribution is 2.07. The van der Waals surface area contributed by atoms with Crippen molar-refractivity contribution in [1.82, 2.24) is 4.98 Å². The minimum absolute atomic E-state index is 0.227. The molecule has 12 heavy (non-hydrogen) atoms. The lowest BCUT2D eigenvalue weighted by atomic mass is 10.2. The Morgan fingerprint density at radius 2 is 1.75 bits per heavy atom. The quantitative estimate of drug-likeness (QED) is 0.612. The summed E-state index contributed by atoms with van der Waals surface area (Å²) in [6.45, 7) is 0. The smallest absolute Gasteiger partial charge is 0.142 e. The first kappa shape index (κ1) is 8.52. The van der Waals surface area contributed by atoms with Gasteiger partial charge in [0.2, 0.25) is 0 Å². The van der Waals surface area contributed by atoms with Gasteiger partial charge < -0.3 is 0 Å². The van der Waals surface area contributed by atoms with E-state index in [4.69, 9.17) is 22.1 Å². The summed E-state index contributed by atoms with van der Waals surface area (Å²) in [5, 5.41) is 17.0. The van der Waals surface area contributed by atoms with Crippen LogP contribution in [0.5, 0.6) is 0 Å². The third kappa shape index (κ3) is 1.72. The van der Waals surface area contributed by atoms with Gasteiger partial charge in [0.1, 0.15) is 23.5 Å². The van der Waals surface area contributed by atoms with Crippen molar-refractivity contribution in [3.05, 3.63) is 29.1 Å². The lowest BCUT2D eigenvalue weighted by Crippen LogP contribution is -1.90. The molecule has 0 saturated carbocycles. The summed E-state index contributed by atoms with van der Waals surface area (Å²) in [7, 11) is 0. The van der Waals surface area contributed by atoms with Crippen LogP contribution in [-0.2, 0) is 5.88 Å². The largest absolute Gasteiger partial charge is 0.226 e. The number of rotatable bonds is 1. The summed E-state index contributed by atoms with van der Waals surface area (Å²) in [4.78, 5) is 3.74. The van der Waals surface area contributed by atoms with E-state index in [1.54, 1.807) is 12.1 Å². The molecule has 0 atom stereocenters. The zero-order valence-corrected chi connectivity index (χ0v) is 6.84. The molecule has 0 fully saturated rings. The van der Waals surface area contributed by atoms with Crippen molar-refractivity contribution < 1.29 is 0 Å². The SMILES string of the molecule is N#Cc1cc(CCl)cc(C#N)n1. The molecule has 0 bridgehead atoms. The van der Waals surface area contributed by atoms with Crippen LogP contribution in [0.2, 0.25) is 0 Å². The highest BCUT2D eigenvalue weighted by atomic mass is 35.5. The van der Waals surface area contributed by atoms with Crippen LogP contribution in [0.25, 0.3) is 0 Å². The monoisotopic (exact) mass is 177 g/mol. The first-order chi connectivity index (χ1) is 5.80. The molecule has 0 amide bonds. The van der Waals surface area contributed by atoms with Gasteiger partial charge in [-0.1, -0.05) is 0 Å². The third-order valence-electron chi connectivity index (χ3n) is 1.27. The Balaban J connectivity index is 3.24. The van der Waals surface area contributed by atoms with Gasteiger partial charge in [-0.05, 0) is 17.7 Å². The van der Waals surface area contributed by atoms with Crippen molar-refractivity contribution in [3.8, 4) is 12.1 Å². The molecule has 0 spiro atoms. The highest BCUT2D eigenvalue weighted by Gasteiger charge is 1.99. The van der Waals surface area contributed by atoms with Gasteiger partial charge in [0.25, 0.3) is 0 Å². The van der Waals surface area contributed by atoms with Crippen LogP contribution in [0.3, 0.4) is 0 Å². The molecule has 3 nitrogen and oxygen atoms in total. The van der Waals surface area contributed by atoms with E-state index in [9.17, 15) is 0 Å². The zero-order chi connectivity index (χ0) is 8.97. The molecule has 0 aliphatic heterocycles. The molecule has 1 rings (SSSR count). The highest BCUT2D eigenvalue weighted by molar-refractivity contribution is 6.17. The van der Waals surface area contributed by atoms with E-state index < -0.39 is 0 Å². The molecule has 0 radical (unpaired) electrons. The van der Waals surface area contributed by atoms with Gasteiger partial charge in [0.15, 0.2) is 0 Å². The second kappa shape index (κ2) is 3.71. The molecule has 0 aliphatic rings. The number of halogens is 1. The van der Waals surface area contributed by atoms with E-state index in [1.165, 1.54) is 0 Å². The molecule has 0 saturated heterocycles. The Morgan fingerprint density at radius 3 is 2.08 bits per heavy atom. The predicted octanol–water partition coefficient (Wildman–Crippen LogP) is 1.56. The van der Waals surface area contributed by atoms with Gasteiger partial charge in [0, 0.05) is 5.88 Å². The molecule has 0 aromatic carbocycles. The molecule has 1 heterocycles. The second-order valence-electron chi connectivity index (χ2n) is 2.10. The summed E-state index contributed by atoms with van der Waals surface area (Å²) in [6, 6.07) is 6.84. The van der Waals surface area contributed by atoms with Gasteiger partial charge in [-0.15, -0.1) is 11.6 Å². The summed E-state index contributed by atoms with van der Waals surface area (Å²) >= 11 is 5.54. The van der Waals surface area contributed by atoms with E-state index in [1.807, 2.05) is 12.1 Å². The Bertz CT molecular complexity index is 341. The Morgan fingerprint density at radius 1 is 1.25 bits per heavy atom. The Hall–Kier alpha value is -1.58. The number of nitrogens with zero attached hydrogens (tertiary/aromatic N) is 3.